The summed E-state index contributed by atoms with van der Waals surface area (Å²) in [6, 6.07) is 12.0. The van der Waals surface area contributed by atoms with Crippen LogP contribution >= 0.6 is 0 Å². The van der Waals surface area contributed by atoms with Crippen molar-refractivity contribution in [3.8, 4) is 0 Å². The van der Waals surface area contributed by atoms with Gasteiger partial charge in [0.05, 0.1) is 11.7 Å². The van der Waals surface area contributed by atoms with E-state index >= 15 is 0 Å². The van der Waals surface area contributed by atoms with Gasteiger partial charge in [-0.3, -0.25) is 9.48 Å². The van der Waals surface area contributed by atoms with E-state index in [2.05, 4.69) is 22.8 Å². The maximum Gasteiger partial charge on any atom is 0.256 e. The van der Waals surface area contributed by atoms with E-state index in [1.54, 1.807) is 7.11 Å². The molecule has 1 fully saturated rings. The van der Waals surface area contributed by atoms with Crippen LogP contribution < -0.4 is 0 Å². The minimum Gasteiger partial charge on any atom is -0.367 e. The highest BCUT2D eigenvalue weighted by Gasteiger charge is 2.31. The number of nitrogens with zero attached hydrogens (tertiary/aromatic N) is 3. The quantitative estimate of drug-likeness (QED) is 0.867. The predicted molar refractivity (Wildman–Crippen MR) is 92.7 cm³/mol. The Morgan fingerprint density at radius 2 is 2.04 bits per heavy atom. The van der Waals surface area contributed by atoms with Gasteiger partial charge < -0.3 is 9.64 Å². The van der Waals surface area contributed by atoms with Gasteiger partial charge in [-0.1, -0.05) is 30.3 Å². The molecule has 0 spiro atoms. The van der Waals surface area contributed by atoms with Crippen LogP contribution in [0.5, 0.6) is 0 Å². The Balaban J connectivity index is 1.76. The third kappa shape index (κ3) is 3.36. The Bertz CT molecular complexity index is 696. The molecule has 5 heteroatoms. The SMILES string of the molecule is CO[C@@H](C(=O)N1CCC[C@H](n2nc(C)cc2C)C1)c1ccccc1. The lowest BCUT2D eigenvalue weighted by Crippen LogP contribution is -2.43. The highest BCUT2D eigenvalue weighted by molar-refractivity contribution is 5.82. The van der Waals surface area contributed by atoms with E-state index in [1.165, 1.54) is 0 Å². The summed E-state index contributed by atoms with van der Waals surface area (Å²) in [5.74, 6) is 0.0370. The average molecular weight is 327 g/mol. The van der Waals surface area contributed by atoms with Gasteiger partial charge in [0.25, 0.3) is 5.91 Å². The van der Waals surface area contributed by atoms with Gasteiger partial charge in [-0.15, -0.1) is 0 Å². The van der Waals surface area contributed by atoms with E-state index in [0.29, 0.717) is 6.54 Å². The van der Waals surface area contributed by atoms with E-state index in [4.69, 9.17) is 4.74 Å². The summed E-state index contributed by atoms with van der Waals surface area (Å²) in [6.07, 6.45) is 1.50. The summed E-state index contributed by atoms with van der Waals surface area (Å²) in [4.78, 5) is 14.9. The van der Waals surface area contributed by atoms with E-state index in [0.717, 1.165) is 36.3 Å². The Labute approximate surface area is 143 Å². The molecule has 1 aliphatic rings. The Morgan fingerprint density at radius 1 is 1.29 bits per heavy atom. The van der Waals surface area contributed by atoms with E-state index in [-0.39, 0.29) is 11.9 Å². The van der Waals surface area contributed by atoms with E-state index < -0.39 is 6.10 Å². The highest BCUT2D eigenvalue weighted by Crippen LogP contribution is 2.26. The van der Waals surface area contributed by atoms with Crippen molar-refractivity contribution >= 4 is 5.91 Å². The fraction of sp³-hybridized carbons (Fsp3) is 0.474. The molecule has 2 atom stereocenters. The van der Waals surface area contributed by atoms with Crippen LogP contribution in [-0.4, -0.2) is 40.8 Å². The Morgan fingerprint density at radius 3 is 2.67 bits per heavy atom. The van der Waals surface area contributed by atoms with Crippen molar-refractivity contribution in [3.05, 3.63) is 53.3 Å². The first-order chi connectivity index (χ1) is 11.6. The van der Waals surface area contributed by atoms with Crippen LogP contribution in [0.25, 0.3) is 0 Å². The van der Waals surface area contributed by atoms with Crippen LogP contribution in [-0.2, 0) is 9.53 Å². The second-order valence-electron chi connectivity index (χ2n) is 6.48. The lowest BCUT2D eigenvalue weighted by molar-refractivity contribution is -0.144. The first kappa shape index (κ1) is 16.7. The molecule has 0 saturated carbocycles. The maximum atomic E-state index is 13.0. The third-order valence-corrected chi connectivity index (χ3v) is 4.66. The van der Waals surface area contributed by atoms with Crippen molar-refractivity contribution in [1.82, 2.24) is 14.7 Å². The van der Waals surface area contributed by atoms with Crippen LogP contribution in [0.3, 0.4) is 0 Å². The number of piperidine rings is 1. The number of carbonyl (C=O) groups excluding carboxylic acids is 1. The molecule has 0 bridgehead atoms. The molecule has 128 valence electrons. The number of benzene rings is 1. The number of ether oxygens (including phenoxy) is 1. The van der Waals surface area contributed by atoms with Crippen molar-refractivity contribution in [2.75, 3.05) is 20.2 Å². The van der Waals surface area contributed by atoms with Crippen molar-refractivity contribution in [2.24, 2.45) is 0 Å². The first-order valence-corrected chi connectivity index (χ1v) is 8.49. The molecule has 5 nitrogen and oxygen atoms in total. The summed E-state index contributed by atoms with van der Waals surface area (Å²) in [6.45, 7) is 5.54. The predicted octanol–water partition coefficient (Wildman–Crippen LogP) is 3.05. The number of hydrogen-bond donors (Lipinski definition) is 0. The lowest BCUT2D eigenvalue weighted by Gasteiger charge is -2.35. The molecule has 24 heavy (non-hydrogen) atoms. The summed E-state index contributed by atoms with van der Waals surface area (Å²) in [7, 11) is 1.60. The van der Waals surface area contributed by atoms with Crippen molar-refractivity contribution < 1.29 is 9.53 Å². The first-order valence-electron chi connectivity index (χ1n) is 8.49. The summed E-state index contributed by atoms with van der Waals surface area (Å²) in [5.41, 5.74) is 3.08. The van der Waals surface area contributed by atoms with Gasteiger partial charge >= 0.3 is 0 Å². The zero-order valence-corrected chi connectivity index (χ0v) is 14.6. The molecule has 3 rings (SSSR count). The second-order valence-corrected chi connectivity index (χ2v) is 6.48. The molecule has 2 aromatic rings. The monoisotopic (exact) mass is 327 g/mol. The number of amides is 1. The van der Waals surface area contributed by atoms with Gasteiger partial charge in [0.1, 0.15) is 0 Å². The lowest BCUT2D eigenvalue weighted by atomic mass is 10.0. The number of likely N-dealkylation sites (tertiary alicyclic amines) is 1. The third-order valence-electron chi connectivity index (χ3n) is 4.66. The van der Waals surface area contributed by atoms with Crippen LogP contribution in [0.1, 0.15) is 41.9 Å². The minimum absolute atomic E-state index is 0.0370. The molecule has 1 aliphatic heterocycles. The smallest absolute Gasteiger partial charge is 0.256 e. The molecule has 1 amide bonds. The van der Waals surface area contributed by atoms with Crippen LogP contribution in [0, 0.1) is 13.8 Å². The molecule has 1 aromatic carbocycles. The fourth-order valence-electron chi connectivity index (χ4n) is 3.54. The summed E-state index contributed by atoms with van der Waals surface area (Å²) >= 11 is 0. The molecule has 0 aliphatic carbocycles. The van der Waals surface area contributed by atoms with Crippen LogP contribution in [0.15, 0.2) is 36.4 Å². The van der Waals surface area contributed by atoms with Gasteiger partial charge in [0.15, 0.2) is 6.10 Å². The van der Waals surface area contributed by atoms with Gasteiger partial charge in [-0.2, -0.15) is 5.10 Å². The standard InChI is InChI=1S/C19H25N3O2/c1-14-12-15(2)22(20-14)17-10-7-11-21(13-17)19(23)18(24-3)16-8-5-4-6-9-16/h4-6,8-9,12,17-18H,7,10-11,13H2,1-3H3/t17-,18+/m0/s1. The number of rotatable bonds is 4. The minimum atomic E-state index is -0.537. The number of aromatic nitrogens is 2. The fourth-order valence-corrected chi connectivity index (χ4v) is 3.54. The number of hydrogen-bond acceptors (Lipinski definition) is 3. The van der Waals surface area contributed by atoms with Crippen molar-refractivity contribution in [2.45, 2.75) is 38.8 Å². The van der Waals surface area contributed by atoms with Gasteiger partial charge in [0, 0.05) is 25.9 Å². The second kappa shape index (κ2) is 7.18. The normalized spacial score (nSPS) is 19.3. The van der Waals surface area contributed by atoms with Crippen LogP contribution in [0.4, 0.5) is 0 Å². The number of aryl methyl sites for hydroxylation is 2. The summed E-state index contributed by atoms with van der Waals surface area (Å²) < 4.78 is 7.58. The van der Waals surface area contributed by atoms with Gasteiger partial charge in [-0.25, -0.2) is 0 Å². The number of carbonyl (C=O) groups is 1. The molecule has 0 unspecified atom stereocenters. The van der Waals surface area contributed by atoms with Crippen molar-refractivity contribution in [3.63, 3.8) is 0 Å². The number of methoxy groups -OCH3 is 1. The Kier molecular flexibility index (Phi) is 5.00. The topological polar surface area (TPSA) is 47.4 Å². The zero-order chi connectivity index (χ0) is 17.1. The molecule has 2 heterocycles. The molecule has 1 aromatic heterocycles. The Hall–Kier alpha value is -2.14. The van der Waals surface area contributed by atoms with E-state index in [1.807, 2.05) is 42.2 Å². The van der Waals surface area contributed by atoms with Gasteiger partial charge in [-0.05, 0) is 38.3 Å². The molecule has 1 saturated heterocycles. The van der Waals surface area contributed by atoms with E-state index in [9.17, 15) is 4.79 Å². The molecule has 0 radical (unpaired) electrons. The summed E-state index contributed by atoms with van der Waals surface area (Å²) in [5, 5.41) is 4.60. The largest absolute Gasteiger partial charge is 0.367 e. The average Bonchev–Trinajstić information content (AvgIpc) is 2.95. The molecule has 0 N–H and O–H groups in total. The highest BCUT2D eigenvalue weighted by atomic mass is 16.5. The van der Waals surface area contributed by atoms with Crippen LogP contribution in [0.2, 0.25) is 0 Å². The zero-order valence-electron chi connectivity index (χ0n) is 14.6. The van der Waals surface area contributed by atoms with Crippen molar-refractivity contribution in [1.29, 1.82) is 0 Å². The molecular formula is C19H25N3O2. The van der Waals surface area contributed by atoms with Gasteiger partial charge in [0.2, 0.25) is 0 Å². The molecular weight excluding hydrogens is 302 g/mol. The maximum absolute atomic E-state index is 13.0.